The number of fused-ring (bicyclic) bond motifs is 3. The van der Waals surface area contributed by atoms with E-state index in [9.17, 15) is 9.59 Å². The fourth-order valence-electron chi connectivity index (χ4n) is 3.08. The first-order valence-corrected chi connectivity index (χ1v) is 10.2. The number of carbonyl (C=O) groups excluding carboxylic acids is 2. The molecule has 1 aliphatic heterocycles. The van der Waals surface area contributed by atoms with Crippen LogP contribution < -0.4 is 21.1 Å². The lowest BCUT2D eigenvalue weighted by Crippen LogP contribution is -2.34. The second-order valence-electron chi connectivity index (χ2n) is 6.19. The van der Waals surface area contributed by atoms with Gasteiger partial charge >= 0.3 is 0 Å². The third-order valence-electron chi connectivity index (χ3n) is 4.42. The van der Waals surface area contributed by atoms with Crippen molar-refractivity contribution in [2.24, 2.45) is 5.73 Å². The number of primary amides is 1. The third kappa shape index (κ3) is 3.35. The standard InChI is InChI=1S/C18H18N4O3S2/c1-2-13(23)22-12-6-4-10(8-20-12)25-18-14-11(16(26-18)17(19)24)5-3-9-7-21-27-15(9)14/h4,6-7,20H,2-3,5,8H2,1H3,(H2,19,24)(H,22,23). The molecule has 0 fully saturated rings. The molecule has 2 aliphatic rings. The van der Waals surface area contributed by atoms with Gasteiger partial charge in [-0.05, 0) is 47.7 Å². The molecule has 9 heteroatoms. The molecule has 7 nitrogen and oxygen atoms in total. The van der Waals surface area contributed by atoms with Crippen molar-refractivity contribution >= 4 is 34.7 Å². The van der Waals surface area contributed by atoms with Crippen LogP contribution in [0, 0.1) is 0 Å². The Kier molecular flexibility index (Phi) is 4.71. The molecule has 4 N–H and O–H groups in total. The van der Waals surface area contributed by atoms with Gasteiger partial charge in [0.25, 0.3) is 5.91 Å². The number of rotatable bonds is 5. The first kappa shape index (κ1) is 17.7. The van der Waals surface area contributed by atoms with Gasteiger partial charge in [0.05, 0.1) is 21.9 Å². The molecular weight excluding hydrogens is 384 g/mol. The number of hydrogen-bond acceptors (Lipinski definition) is 7. The number of aryl methyl sites for hydroxylation is 1. The number of nitrogens with zero attached hydrogens (tertiary/aromatic N) is 1. The van der Waals surface area contributed by atoms with Crippen LogP contribution in [0.1, 0.15) is 34.1 Å². The first-order chi connectivity index (χ1) is 13.1. The number of allylic oxidation sites excluding steroid dienone is 2. The van der Waals surface area contributed by atoms with E-state index < -0.39 is 5.91 Å². The van der Waals surface area contributed by atoms with Gasteiger partial charge < -0.3 is 21.1 Å². The maximum absolute atomic E-state index is 11.9. The molecule has 27 heavy (non-hydrogen) atoms. The topological polar surface area (TPSA) is 106 Å². The van der Waals surface area contributed by atoms with Crippen LogP contribution in [0.5, 0.6) is 5.06 Å². The summed E-state index contributed by atoms with van der Waals surface area (Å²) in [6, 6.07) is 0. The van der Waals surface area contributed by atoms with Crippen molar-refractivity contribution in [1.82, 2.24) is 15.0 Å². The first-order valence-electron chi connectivity index (χ1n) is 8.58. The van der Waals surface area contributed by atoms with Gasteiger partial charge in [-0.1, -0.05) is 18.3 Å². The molecule has 0 unspecified atom stereocenters. The number of hydrogen-bond donors (Lipinski definition) is 3. The van der Waals surface area contributed by atoms with E-state index in [4.69, 9.17) is 10.5 Å². The summed E-state index contributed by atoms with van der Waals surface area (Å²) in [5, 5.41) is 6.55. The summed E-state index contributed by atoms with van der Waals surface area (Å²) in [5.41, 5.74) is 8.65. The molecule has 0 saturated carbocycles. The lowest BCUT2D eigenvalue weighted by molar-refractivity contribution is -0.120. The Morgan fingerprint density at radius 3 is 2.93 bits per heavy atom. The summed E-state index contributed by atoms with van der Waals surface area (Å²) < 4.78 is 10.4. The number of thiophene rings is 1. The normalized spacial score (nSPS) is 15.0. The number of dihydropyridines is 1. The Balaban J connectivity index is 1.64. The van der Waals surface area contributed by atoms with E-state index >= 15 is 0 Å². The predicted molar refractivity (Wildman–Crippen MR) is 105 cm³/mol. The van der Waals surface area contributed by atoms with Crippen LogP contribution >= 0.6 is 22.9 Å². The predicted octanol–water partition coefficient (Wildman–Crippen LogP) is 2.30. The average molecular weight is 403 g/mol. The molecule has 2 amide bonds. The van der Waals surface area contributed by atoms with E-state index in [-0.39, 0.29) is 5.91 Å². The fourth-order valence-corrected chi connectivity index (χ4v) is 5.09. The van der Waals surface area contributed by atoms with Crippen LogP contribution in [-0.2, 0) is 17.6 Å². The van der Waals surface area contributed by atoms with E-state index in [1.807, 2.05) is 12.3 Å². The molecule has 0 saturated heterocycles. The van der Waals surface area contributed by atoms with Gasteiger partial charge in [-0.3, -0.25) is 9.59 Å². The highest BCUT2D eigenvalue weighted by atomic mass is 32.1. The Morgan fingerprint density at radius 2 is 2.22 bits per heavy atom. The fraction of sp³-hybridized carbons (Fsp3) is 0.278. The summed E-state index contributed by atoms with van der Waals surface area (Å²) in [7, 11) is 0. The highest BCUT2D eigenvalue weighted by Gasteiger charge is 2.30. The molecule has 3 heterocycles. The van der Waals surface area contributed by atoms with Gasteiger partial charge in [0, 0.05) is 12.6 Å². The molecule has 0 bridgehead atoms. The van der Waals surface area contributed by atoms with E-state index in [0.29, 0.717) is 34.5 Å². The zero-order chi connectivity index (χ0) is 19.0. The van der Waals surface area contributed by atoms with Crippen LogP contribution in [0.2, 0.25) is 0 Å². The summed E-state index contributed by atoms with van der Waals surface area (Å²) in [4.78, 5) is 25.0. The molecule has 2 aromatic rings. The van der Waals surface area contributed by atoms with Crippen molar-refractivity contribution < 1.29 is 14.3 Å². The third-order valence-corrected chi connectivity index (χ3v) is 6.41. The van der Waals surface area contributed by atoms with Crippen LogP contribution in [0.25, 0.3) is 10.4 Å². The van der Waals surface area contributed by atoms with Crippen molar-refractivity contribution in [3.05, 3.63) is 45.9 Å². The zero-order valence-corrected chi connectivity index (χ0v) is 16.3. The smallest absolute Gasteiger partial charge is 0.259 e. The molecule has 4 rings (SSSR count). The summed E-state index contributed by atoms with van der Waals surface area (Å²) in [5.74, 6) is 0.855. The SMILES string of the molecule is CCC(=O)NC1=CC=C(Oc2sc(C(N)=O)c3c2-c2sncc2CC3)CN1. The van der Waals surface area contributed by atoms with E-state index in [2.05, 4.69) is 15.0 Å². The number of carbonyl (C=O) groups is 2. The maximum Gasteiger partial charge on any atom is 0.259 e. The Morgan fingerprint density at radius 1 is 1.37 bits per heavy atom. The number of nitrogens with one attached hydrogen (secondary N) is 2. The highest BCUT2D eigenvalue weighted by Crippen LogP contribution is 2.49. The van der Waals surface area contributed by atoms with Gasteiger partial charge in [-0.25, -0.2) is 4.37 Å². The van der Waals surface area contributed by atoms with Gasteiger partial charge in [0.1, 0.15) is 11.6 Å². The van der Waals surface area contributed by atoms with Crippen LogP contribution in [0.3, 0.4) is 0 Å². The molecule has 0 spiro atoms. The molecule has 0 radical (unpaired) electrons. The Labute approximate surface area is 164 Å². The minimum Gasteiger partial charge on any atom is -0.448 e. The van der Waals surface area contributed by atoms with Crippen molar-refractivity contribution in [3.63, 3.8) is 0 Å². The summed E-state index contributed by atoms with van der Waals surface area (Å²) >= 11 is 2.69. The minimum atomic E-state index is -0.431. The summed E-state index contributed by atoms with van der Waals surface area (Å²) in [6.07, 6.45) is 7.47. The van der Waals surface area contributed by atoms with E-state index in [0.717, 1.165) is 28.8 Å². The Hall–Kier alpha value is -2.65. The van der Waals surface area contributed by atoms with Crippen LogP contribution in [0.4, 0.5) is 0 Å². The van der Waals surface area contributed by atoms with Gasteiger partial charge in [-0.2, -0.15) is 0 Å². The second kappa shape index (κ2) is 7.16. The number of nitrogens with two attached hydrogens (primary N) is 1. The largest absolute Gasteiger partial charge is 0.448 e. The maximum atomic E-state index is 11.9. The van der Waals surface area contributed by atoms with Crippen molar-refractivity contribution in [3.8, 4) is 15.5 Å². The lowest BCUT2D eigenvalue weighted by atomic mass is 9.93. The van der Waals surface area contributed by atoms with E-state index in [1.165, 1.54) is 28.4 Å². The Bertz CT molecular complexity index is 987. The van der Waals surface area contributed by atoms with Crippen molar-refractivity contribution in [1.29, 1.82) is 0 Å². The number of ether oxygens (including phenoxy) is 1. The van der Waals surface area contributed by atoms with Gasteiger partial charge in [0.15, 0.2) is 5.06 Å². The molecular formula is C18H18N4O3S2. The lowest BCUT2D eigenvalue weighted by Gasteiger charge is -2.19. The average Bonchev–Trinajstić information content (AvgIpc) is 3.27. The van der Waals surface area contributed by atoms with Crippen molar-refractivity contribution in [2.75, 3.05) is 6.54 Å². The number of amides is 2. The second-order valence-corrected chi connectivity index (χ2v) is 7.97. The number of aromatic nitrogens is 1. The quantitative estimate of drug-likeness (QED) is 0.712. The van der Waals surface area contributed by atoms with Crippen LogP contribution in [-0.4, -0.2) is 22.7 Å². The van der Waals surface area contributed by atoms with Gasteiger partial charge in [-0.15, -0.1) is 0 Å². The summed E-state index contributed by atoms with van der Waals surface area (Å²) in [6.45, 7) is 2.23. The van der Waals surface area contributed by atoms with Crippen molar-refractivity contribution in [2.45, 2.75) is 26.2 Å². The van der Waals surface area contributed by atoms with E-state index in [1.54, 1.807) is 13.0 Å². The molecule has 140 valence electrons. The molecule has 0 atom stereocenters. The van der Waals surface area contributed by atoms with Gasteiger partial charge in [0.2, 0.25) is 5.91 Å². The minimum absolute atomic E-state index is 0.0531. The molecule has 2 aromatic heterocycles. The molecule has 1 aliphatic carbocycles. The van der Waals surface area contributed by atoms with Crippen LogP contribution in [0.15, 0.2) is 29.9 Å². The zero-order valence-electron chi connectivity index (χ0n) is 14.6. The molecule has 0 aromatic carbocycles. The highest BCUT2D eigenvalue weighted by molar-refractivity contribution is 7.17. The monoisotopic (exact) mass is 402 g/mol.